The lowest BCUT2D eigenvalue weighted by molar-refractivity contribution is -0.142. The Bertz CT molecular complexity index is 504. The van der Waals surface area contributed by atoms with Crippen LogP contribution in [0.2, 0.25) is 0 Å². The Morgan fingerprint density at radius 1 is 1.15 bits per heavy atom. The molecule has 1 fully saturated rings. The third-order valence-corrected chi connectivity index (χ3v) is 3.79. The van der Waals surface area contributed by atoms with Crippen LogP contribution in [0.5, 0.6) is 0 Å². The second kappa shape index (κ2) is 5.27. The van der Waals surface area contributed by atoms with Crippen molar-refractivity contribution >= 4 is 11.9 Å². The normalized spacial score (nSPS) is 22.9. The first-order valence-corrected chi connectivity index (χ1v) is 6.88. The van der Waals surface area contributed by atoms with Gasteiger partial charge in [0.15, 0.2) is 0 Å². The van der Waals surface area contributed by atoms with Crippen LogP contribution in [0, 0.1) is 11.3 Å². The zero-order valence-electron chi connectivity index (χ0n) is 12.2. The molecule has 1 aromatic carbocycles. The molecule has 20 heavy (non-hydrogen) atoms. The number of hydrogen-bond acceptors (Lipinski definition) is 2. The number of benzene rings is 1. The van der Waals surface area contributed by atoms with Crippen LogP contribution < -0.4 is 0 Å². The topological polar surface area (TPSA) is 57.6 Å². The molecule has 1 heterocycles. The number of carboxylic acids is 1. The van der Waals surface area contributed by atoms with Crippen LogP contribution in [0.1, 0.15) is 32.3 Å². The molecule has 1 saturated heterocycles. The summed E-state index contributed by atoms with van der Waals surface area (Å²) < 4.78 is 0. The molecule has 1 N–H and O–H groups in total. The second-order valence-corrected chi connectivity index (χ2v) is 6.42. The summed E-state index contributed by atoms with van der Waals surface area (Å²) in [5.41, 5.74) is 0.512. The Kier molecular flexibility index (Phi) is 3.84. The Morgan fingerprint density at radius 2 is 1.75 bits per heavy atom. The van der Waals surface area contributed by atoms with E-state index < -0.39 is 17.3 Å². The minimum absolute atomic E-state index is 0.0159. The van der Waals surface area contributed by atoms with Gasteiger partial charge in [-0.2, -0.15) is 0 Å². The first-order valence-electron chi connectivity index (χ1n) is 6.88. The molecule has 0 aliphatic carbocycles. The van der Waals surface area contributed by atoms with Gasteiger partial charge in [-0.3, -0.25) is 9.59 Å². The minimum Gasteiger partial charge on any atom is -0.481 e. The van der Waals surface area contributed by atoms with Gasteiger partial charge in [0.25, 0.3) is 0 Å². The van der Waals surface area contributed by atoms with Crippen molar-refractivity contribution in [3.8, 4) is 0 Å². The molecule has 0 saturated carbocycles. The highest BCUT2D eigenvalue weighted by molar-refractivity contribution is 5.83. The Balaban J connectivity index is 2.25. The fraction of sp³-hybridized carbons (Fsp3) is 0.500. The quantitative estimate of drug-likeness (QED) is 0.901. The molecular weight excluding hydrogens is 254 g/mol. The van der Waals surface area contributed by atoms with Crippen molar-refractivity contribution in [3.63, 3.8) is 0 Å². The van der Waals surface area contributed by atoms with E-state index in [1.807, 2.05) is 51.1 Å². The smallest absolute Gasteiger partial charge is 0.308 e. The zero-order valence-corrected chi connectivity index (χ0v) is 12.2. The molecule has 108 valence electrons. The number of carbonyl (C=O) groups is 2. The third-order valence-electron chi connectivity index (χ3n) is 3.79. The number of amides is 1. The molecule has 4 heteroatoms. The maximum Gasteiger partial charge on any atom is 0.308 e. The van der Waals surface area contributed by atoms with Crippen LogP contribution in [0.4, 0.5) is 0 Å². The van der Waals surface area contributed by atoms with Gasteiger partial charge in [-0.15, -0.1) is 0 Å². The van der Waals surface area contributed by atoms with E-state index in [9.17, 15) is 14.7 Å². The van der Waals surface area contributed by atoms with Gasteiger partial charge in [-0.25, -0.2) is 0 Å². The van der Waals surface area contributed by atoms with E-state index in [4.69, 9.17) is 0 Å². The summed E-state index contributed by atoms with van der Waals surface area (Å²) in [5, 5.41) is 9.41. The van der Waals surface area contributed by atoms with Gasteiger partial charge in [0, 0.05) is 24.4 Å². The van der Waals surface area contributed by atoms with Gasteiger partial charge in [0.05, 0.1) is 5.92 Å². The monoisotopic (exact) mass is 275 g/mol. The van der Waals surface area contributed by atoms with E-state index in [1.165, 1.54) is 0 Å². The summed E-state index contributed by atoms with van der Waals surface area (Å²) >= 11 is 0. The van der Waals surface area contributed by atoms with E-state index >= 15 is 0 Å². The van der Waals surface area contributed by atoms with Crippen molar-refractivity contribution in [2.75, 3.05) is 13.1 Å². The Morgan fingerprint density at radius 3 is 2.25 bits per heavy atom. The number of carboxylic acid groups (broad SMARTS) is 1. The Labute approximate surface area is 119 Å². The standard InChI is InChI=1S/C16H21NO3/c1-16(2,3)15(20)17-9-12(13(10-17)14(18)19)11-7-5-4-6-8-11/h4-8,12-13H,9-10H2,1-3H3,(H,18,19)/t12-,13-/m0/s1. The molecule has 4 nitrogen and oxygen atoms in total. The highest BCUT2D eigenvalue weighted by Gasteiger charge is 2.42. The molecular formula is C16H21NO3. The summed E-state index contributed by atoms with van der Waals surface area (Å²) in [5.74, 6) is -1.46. The average Bonchev–Trinajstić information content (AvgIpc) is 2.82. The van der Waals surface area contributed by atoms with E-state index in [2.05, 4.69) is 0 Å². The first-order chi connectivity index (χ1) is 9.30. The number of rotatable bonds is 2. The van der Waals surface area contributed by atoms with Crippen LogP contribution in [-0.4, -0.2) is 35.0 Å². The van der Waals surface area contributed by atoms with Gasteiger partial charge in [-0.1, -0.05) is 51.1 Å². The summed E-state index contributed by atoms with van der Waals surface area (Å²) in [6.07, 6.45) is 0. The molecule has 1 aliphatic rings. The third kappa shape index (κ3) is 2.84. The predicted octanol–water partition coefficient (Wildman–Crippen LogP) is 2.36. The first kappa shape index (κ1) is 14.6. The summed E-state index contributed by atoms with van der Waals surface area (Å²) in [7, 11) is 0. The van der Waals surface area contributed by atoms with Crippen LogP contribution >= 0.6 is 0 Å². The largest absolute Gasteiger partial charge is 0.481 e. The van der Waals surface area contributed by atoms with E-state index in [0.29, 0.717) is 13.1 Å². The fourth-order valence-corrected chi connectivity index (χ4v) is 2.73. The number of carbonyl (C=O) groups excluding carboxylic acids is 1. The zero-order chi connectivity index (χ0) is 14.9. The Hall–Kier alpha value is -1.84. The maximum atomic E-state index is 12.3. The van der Waals surface area contributed by atoms with Gasteiger partial charge in [-0.05, 0) is 5.56 Å². The summed E-state index contributed by atoms with van der Waals surface area (Å²) in [6.45, 7) is 6.37. The lowest BCUT2D eigenvalue weighted by Crippen LogP contribution is -2.38. The molecule has 2 rings (SSSR count). The van der Waals surface area contributed by atoms with Crippen molar-refractivity contribution in [2.45, 2.75) is 26.7 Å². The molecule has 1 amide bonds. The molecule has 0 unspecified atom stereocenters. The second-order valence-electron chi connectivity index (χ2n) is 6.42. The molecule has 0 spiro atoms. The van der Waals surface area contributed by atoms with Gasteiger partial charge in [0.1, 0.15) is 0 Å². The highest BCUT2D eigenvalue weighted by Crippen LogP contribution is 2.34. The summed E-state index contributed by atoms with van der Waals surface area (Å²) in [6, 6.07) is 9.59. The van der Waals surface area contributed by atoms with Crippen LogP contribution in [0.15, 0.2) is 30.3 Å². The van der Waals surface area contributed by atoms with Gasteiger partial charge in [0.2, 0.25) is 5.91 Å². The lowest BCUT2D eigenvalue weighted by atomic mass is 9.89. The van der Waals surface area contributed by atoms with Gasteiger partial charge >= 0.3 is 5.97 Å². The lowest BCUT2D eigenvalue weighted by Gasteiger charge is -2.25. The molecule has 0 radical (unpaired) electrons. The number of hydrogen-bond donors (Lipinski definition) is 1. The number of aliphatic carboxylic acids is 1. The number of nitrogens with zero attached hydrogens (tertiary/aromatic N) is 1. The SMILES string of the molecule is CC(C)(C)C(=O)N1C[C@H](C(=O)O)[C@H](c2ccccc2)C1. The van der Waals surface area contributed by atoms with Crippen LogP contribution in [0.3, 0.4) is 0 Å². The van der Waals surface area contributed by atoms with Crippen molar-refractivity contribution in [3.05, 3.63) is 35.9 Å². The molecule has 0 bridgehead atoms. The predicted molar refractivity (Wildman–Crippen MR) is 76.3 cm³/mol. The van der Waals surface area contributed by atoms with E-state index in [0.717, 1.165) is 5.56 Å². The van der Waals surface area contributed by atoms with Crippen LogP contribution in [0.25, 0.3) is 0 Å². The maximum absolute atomic E-state index is 12.3. The van der Waals surface area contributed by atoms with Crippen molar-refractivity contribution in [2.24, 2.45) is 11.3 Å². The van der Waals surface area contributed by atoms with Crippen molar-refractivity contribution in [1.29, 1.82) is 0 Å². The fourth-order valence-electron chi connectivity index (χ4n) is 2.73. The molecule has 2 atom stereocenters. The molecule has 0 aromatic heterocycles. The van der Waals surface area contributed by atoms with E-state index in [1.54, 1.807) is 4.90 Å². The molecule has 1 aliphatic heterocycles. The highest BCUT2D eigenvalue weighted by atomic mass is 16.4. The minimum atomic E-state index is -0.830. The van der Waals surface area contributed by atoms with Crippen molar-refractivity contribution < 1.29 is 14.7 Å². The van der Waals surface area contributed by atoms with Gasteiger partial charge < -0.3 is 10.0 Å². The van der Waals surface area contributed by atoms with E-state index in [-0.39, 0.29) is 11.8 Å². The molecule has 1 aromatic rings. The number of likely N-dealkylation sites (tertiary alicyclic amines) is 1. The summed E-state index contributed by atoms with van der Waals surface area (Å²) in [4.78, 5) is 25.5. The van der Waals surface area contributed by atoms with Crippen LogP contribution in [-0.2, 0) is 9.59 Å². The average molecular weight is 275 g/mol. The van der Waals surface area contributed by atoms with Crippen molar-refractivity contribution in [1.82, 2.24) is 4.90 Å².